The molecule has 116 valence electrons. The standard InChI is InChI=1S/C18H23N3O/c1-4-14-7-5-6-8-16(14)21-18(22)17-11-15(9-10-19-17)20-12-13(2)3/h5-11,13H,4,12H2,1-3H3,(H,19,20)(H,21,22). The van der Waals surface area contributed by atoms with Crippen molar-refractivity contribution in [3.05, 3.63) is 53.9 Å². The van der Waals surface area contributed by atoms with Crippen molar-refractivity contribution in [3.63, 3.8) is 0 Å². The minimum absolute atomic E-state index is 0.186. The lowest BCUT2D eigenvalue weighted by atomic mass is 10.1. The zero-order valence-electron chi connectivity index (χ0n) is 13.4. The second kappa shape index (κ2) is 7.59. The van der Waals surface area contributed by atoms with Gasteiger partial charge in [0.05, 0.1) is 0 Å². The Bertz CT molecular complexity index is 638. The molecule has 0 atom stereocenters. The van der Waals surface area contributed by atoms with Gasteiger partial charge in [0.25, 0.3) is 5.91 Å². The molecule has 0 aliphatic carbocycles. The number of aromatic nitrogens is 1. The SMILES string of the molecule is CCc1ccccc1NC(=O)c1cc(NCC(C)C)ccn1. The zero-order valence-corrected chi connectivity index (χ0v) is 13.4. The van der Waals surface area contributed by atoms with E-state index in [2.05, 4.69) is 36.4 Å². The highest BCUT2D eigenvalue weighted by Gasteiger charge is 2.10. The Morgan fingerprint density at radius 2 is 2.00 bits per heavy atom. The molecule has 0 bridgehead atoms. The van der Waals surface area contributed by atoms with Gasteiger partial charge in [0.1, 0.15) is 5.69 Å². The van der Waals surface area contributed by atoms with Crippen LogP contribution in [0.5, 0.6) is 0 Å². The maximum absolute atomic E-state index is 12.4. The molecular weight excluding hydrogens is 274 g/mol. The fourth-order valence-corrected chi connectivity index (χ4v) is 2.12. The fourth-order valence-electron chi connectivity index (χ4n) is 2.12. The summed E-state index contributed by atoms with van der Waals surface area (Å²) in [5, 5.41) is 6.25. The molecule has 2 rings (SSSR count). The molecule has 0 radical (unpaired) electrons. The summed E-state index contributed by atoms with van der Waals surface area (Å²) in [6.07, 6.45) is 2.53. The number of nitrogens with one attached hydrogen (secondary N) is 2. The number of nitrogens with zero attached hydrogens (tertiary/aromatic N) is 1. The number of rotatable bonds is 6. The normalized spacial score (nSPS) is 10.5. The van der Waals surface area contributed by atoms with Crippen molar-refractivity contribution in [2.24, 2.45) is 5.92 Å². The van der Waals surface area contributed by atoms with Crippen LogP contribution >= 0.6 is 0 Å². The number of hydrogen-bond donors (Lipinski definition) is 2. The Balaban J connectivity index is 2.11. The highest BCUT2D eigenvalue weighted by molar-refractivity contribution is 6.03. The van der Waals surface area contributed by atoms with Crippen molar-refractivity contribution >= 4 is 17.3 Å². The molecule has 0 unspecified atom stereocenters. The Kier molecular flexibility index (Phi) is 5.53. The molecule has 0 saturated carbocycles. The summed E-state index contributed by atoms with van der Waals surface area (Å²) in [5.41, 5.74) is 3.29. The second-order valence-electron chi connectivity index (χ2n) is 5.67. The first-order chi connectivity index (χ1) is 10.6. The maximum Gasteiger partial charge on any atom is 0.274 e. The van der Waals surface area contributed by atoms with Gasteiger partial charge < -0.3 is 10.6 Å². The molecule has 2 N–H and O–H groups in total. The summed E-state index contributed by atoms with van der Waals surface area (Å²) >= 11 is 0. The van der Waals surface area contributed by atoms with Crippen molar-refractivity contribution in [1.29, 1.82) is 0 Å². The molecule has 1 aromatic heterocycles. The van der Waals surface area contributed by atoms with Crippen LogP contribution in [0.3, 0.4) is 0 Å². The van der Waals surface area contributed by atoms with E-state index in [0.29, 0.717) is 11.6 Å². The molecule has 2 aromatic rings. The molecule has 1 aromatic carbocycles. The van der Waals surface area contributed by atoms with Crippen molar-refractivity contribution in [3.8, 4) is 0 Å². The smallest absolute Gasteiger partial charge is 0.274 e. The van der Waals surface area contributed by atoms with E-state index in [4.69, 9.17) is 0 Å². The van der Waals surface area contributed by atoms with Crippen molar-refractivity contribution in [1.82, 2.24) is 4.98 Å². The van der Waals surface area contributed by atoms with Gasteiger partial charge in [-0.2, -0.15) is 0 Å². The fraction of sp³-hybridized carbons (Fsp3) is 0.333. The molecule has 0 fully saturated rings. The number of aryl methyl sites for hydroxylation is 1. The molecule has 4 heteroatoms. The first-order valence-corrected chi connectivity index (χ1v) is 7.69. The lowest BCUT2D eigenvalue weighted by molar-refractivity contribution is 0.102. The summed E-state index contributed by atoms with van der Waals surface area (Å²) in [4.78, 5) is 16.5. The molecule has 1 amide bonds. The van der Waals surface area contributed by atoms with E-state index >= 15 is 0 Å². The van der Waals surface area contributed by atoms with Gasteiger partial charge in [0, 0.05) is 24.1 Å². The van der Waals surface area contributed by atoms with Crippen LogP contribution in [0, 0.1) is 5.92 Å². The summed E-state index contributed by atoms with van der Waals surface area (Å²) in [6.45, 7) is 7.22. The van der Waals surface area contributed by atoms with Crippen LogP contribution in [0.15, 0.2) is 42.6 Å². The Hall–Kier alpha value is -2.36. The van der Waals surface area contributed by atoms with Crippen LogP contribution in [0.2, 0.25) is 0 Å². The minimum Gasteiger partial charge on any atom is -0.385 e. The average molecular weight is 297 g/mol. The van der Waals surface area contributed by atoms with Crippen LogP contribution in [0.4, 0.5) is 11.4 Å². The lowest BCUT2D eigenvalue weighted by Crippen LogP contribution is -2.15. The highest BCUT2D eigenvalue weighted by Crippen LogP contribution is 2.17. The number of anilines is 2. The predicted molar refractivity (Wildman–Crippen MR) is 91.3 cm³/mol. The van der Waals surface area contributed by atoms with Crippen LogP contribution in [0.1, 0.15) is 36.8 Å². The summed E-state index contributed by atoms with van der Waals surface area (Å²) < 4.78 is 0. The summed E-state index contributed by atoms with van der Waals surface area (Å²) in [5.74, 6) is 0.357. The number of carbonyl (C=O) groups excluding carboxylic acids is 1. The van der Waals surface area contributed by atoms with Crippen LogP contribution < -0.4 is 10.6 Å². The van der Waals surface area contributed by atoms with Crippen molar-refractivity contribution in [2.45, 2.75) is 27.2 Å². The first kappa shape index (κ1) is 16.0. The van der Waals surface area contributed by atoms with Gasteiger partial charge in [-0.1, -0.05) is 39.0 Å². The quantitative estimate of drug-likeness (QED) is 0.848. The van der Waals surface area contributed by atoms with Gasteiger partial charge in [-0.05, 0) is 36.1 Å². The molecule has 22 heavy (non-hydrogen) atoms. The molecule has 0 spiro atoms. The van der Waals surface area contributed by atoms with Crippen molar-refractivity contribution in [2.75, 3.05) is 17.2 Å². The molecule has 0 saturated heterocycles. The third-order valence-electron chi connectivity index (χ3n) is 3.35. The molecular formula is C18H23N3O. The molecule has 1 heterocycles. The number of para-hydroxylation sites is 1. The Morgan fingerprint density at radius 3 is 2.73 bits per heavy atom. The third-order valence-corrected chi connectivity index (χ3v) is 3.35. The number of pyridine rings is 1. The lowest BCUT2D eigenvalue weighted by Gasteiger charge is -2.11. The van der Waals surface area contributed by atoms with Gasteiger partial charge in [0.15, 0.2) is 0 Å². The Morgan fingerprint density at radius 1 is 1.23 bits per heavy atom. The molecule has 0 aliphatic rings. The Labute approximate surface area is 132 Å². The van der Waals surface area contributed by atoms with E-state index in [1.54, 1.807) is 12.3 Å². The third kappa shape index (κ3) is 4.32. The summed E-state index contributed by atoms with van der Waals surface area (Å²) in [7, 11) is 0. The minimum atomic E-state index is -0.186. The maximum atomic E-state index is 12.4. The topological polar surface area (TPSA) is 54.0 Å². The van der Waals surface area contributed by atoms with Crippen molar-refractivity contribution < 1.29 is 4.79 Å². The van der Waals surface area contributed by atoms with Crippen LogP contribution in [0.25, 0.3) is 0 Å². The van der Waals surface area contributed by atoms with E-state index in [1.807, 2.05) is 30.3 Å². The second-order valence-corrected chi connectivity index (χ2v) is 5.67. The van der Waals surface area contributed by atoms with Gasteiger partial charge in [-0.25, -0.2) is 0 Å². The van der Waals surface area contributed by atoms with Gasteiger partial charge in [-0.15, -0.1) is 0 Å². The average Bonchev–Trinajstić information content (AvgIpc) is 2.53. The van der Waals surface area contributed by atoms with E-state index in [-0.39, 0.29) is 5.91 Å². The van der Waals surface area contributed by atoms with Gasteiger partial charge in [-0.3, -0.25) is 9.78 Å². The number of carbonyl (C=O) groups is 1. The first-order valence-electron chi connectivity index (χ1n) is 7.69. The predicted octanol–water partition coefficient (Wildman–Crippen LogP) is 3.96. The molecule has 4 nitrogen and oxygen atoms in total. The monoisotopic (exact) mass is 297 g/mol. The summed E-state index contributed by atoms with van der Waals surface area (Å²) in [6, 6.07) is 11.5. The van der Waals surface area contributed by atoms with Crippen LogP contribution in [-0.2, 0) is 6.42 Å². The van der Waals surface area contributed by atoms with E-state index in [0.717, 1.165) is 29.9 Å². The van der Waals surface area contributed by atoms with E-state index < -0.39 is 0 Å². The van der Waals surface area contributed by atoms with Gasteiger partial charge >= 0.3 is 0 Å². The largest absolute Gasteiger partial charge is 0.385 e. The molecule has 0 aliphatic heterocycles. The number of benzene rings is 1. The van der Waals surface area contributed by atoms with E-state index in [1.165, 1.54) is 0 Å². The highest BCUT2D eigenvalue weighted by atomic mass is 16.1. The number of hydrogen-bond acceptors (Lipinski definition) is 3. The van der Waals surface area contributed by atoms with E-state index in [9.17, 15) is 4.79 Å². The van der Waals surface area contributed by atoms with Gasteiger partial charge in [0.2, 0.25) is 0 Å². The zero-order chi connectivity index (χ0) is 15.9. The van der Waals surface area contributed by atoms with Crippen LogP contribution in [-0.4, -0.2) is 17.4 Å². The number of amides is 1.